The molecule has 3 heteroatoms. The zero-order chi connectivity index (χ0) is 11.8. The van der Waals surface area contributed by atoms with Crippen LogP contribution in [0.5, 0.6) is 0 Å². The van der Waals surface area contributed by atoms with E-state index in [0.717, 1.165) is 10.0 Å². The smallest absolute Gasteiger partial charge is 0.336 e. The summed E-state index contributed by atoms with van der Waals surface area (Å²) in [5, 5.41) is 0. The number of fused-ring (bicyclic) bond motifs is 1. The van der Waals surface area contributed by atoms with E-state index in [1.807, 2.05) is 24.3 Å². The predicted molar refractivity (Wildman–Crippen MR) is 70.0 cm³/mol. The second-order valence-electron chi connectivity index (χ2n) is 3.97. The third kappa shape index (κ3) is 1.87. The lowest BCUT2D eigenvalue weighted by atomic mass is 9.95. The van der Waals surface area contributed by atoms with Crippen LogP contribution in [0, 0.1) is 0 Å². The van der Waals surface area contributed by atoms with Crippen molar-refractivity contribution in [1.82, 2.24) is 0 Å². The van der Waals surface area contributed by atoms with Gasteiger partial charge < -0.3 is 4.42 Å². The van der Waals surface area contributed by atoms with Crippen molar-refractivity contribution in [3.05, 3.63) is 74.3 Å². The van der Waals surface area contributed by atoms with Gasteiger partial charge >= 0.3 is 5.63 Å². The summed E-state index contributed by atoms with van der Waals surface area (Å²) >= 11 is 3.46. The largest absolute Gasteiger partial charge is 0.423 e. The molecule has 2 aromatic rings. The molecule has 1 aliphatic carbocycles. The number of benzene rings is 1. The van der Waals surface area contributed by atoms with Crippen LogP contribution >= 0.6 is 15.9 Å². The second kappa shape index (κ2) is 4.00. The van der Waals surface area contributed by atoms with E-state index in [9.17, 15) is 4.79 Å². The van der Waals surface area contributed by atoms with Crippen molar-refractivity contribution >= 4 is 22.0 Å². The van der Waals surface area contributed by atoms with E-state index in [-0.39, 0.29) is 11.5 Å². The topological polar surface area (TPSA) is 30.2 Å². The highest BCUT2D eigenvalue weighted by Crippen LogP contribution is 2.35. The van der Waals surface area contributed by atoms with Crippen LogP contribution in [-0.4, -0.2) is 0 Å². The van der Waals surface area contributed by atoms with Crippen molar-refractivity contribution < 1.29 is 4.42 Å². The van der Waals surface area contributed by atoms with E-state index in [2.05, 4.69) is 34.1 Å². The van der Waals surface area contributed by atoms with Gasteiger partial charge in [0.1, 0.15) is 5.76 Å². The molecule has 1 atom stereocenters. The summed E-state index contributed by atoms with van der Waals surface area (Å²) in [6.07, 6.45) is 3.91. The number of rotatable bonds is 1. The van der Waals surface area contributed by atoms with E-state index in [4.69, 9.17) is 4.42 Å². The van der Waals surface area contributed by atoms with E-state index in [1.54, 1.807) is 0 Å². The Kier molecular flexibility index (Phi) is 2.48. The van der Waals surface area contributed by atoms with Gasteiger partial charge in [0.25, 0.3) is 0 Å². The second-order valence-corrected chi connectivity index (χ2v) is 4.88. The van der Waals surface area contributed by atoms with Crippen LogP contribution in [0.25, 0.3) is 6.08 Å². The highest BCUT2D eigenvalue weighted by atomic mass is 79.9. The van der Waals surface area contributed by atoms with Crippen LogP contribution in [0.3, 0.4) is 0 Å². The number of hydrogen-bond acceptors (Lipinski definition) is 2. The highest BCUT2D eigenvalue weighted by Gasteiger charge is 2.21. The Balaban J connectivity index is 2.10. The van der Waals surface area contributed by atoms with Gasteiger partial charge in [-0.2, -0.15) is 0 Å². The minimum absolute atomic E-state index is 0.173. The Morgan fingerprint density at radius 2 is 2.06 bits per heavy atom. The summed E-state index contributed by atoms with van der Waals surface area (Å²) in [7, 11) is 0. The number of hydrogen-bond donors (Lipinski definition) is 0. The standard InChI is InChI=1S/C14H9BrO2/c15-10-3-1-2-9(8-10)11-4-6-13-12(11)5-7-14(16)17-13/h1-8,11H. The summed E-state index contributed by atoms with van der Waals surface area (Å²) in [6, 6.07) is 11.5. The summed E-state index contributed by atoms with van der Waals surface area (Å²) in [5.74, 6) is 0.842. The Hall–Kier alpha value is -1.61. The first-order valence-electron chi connectivity index (χ1n) is 5.32. The third-order valence-electron chi connectivity index (χ3n) is 2.88. The van der Waals surface area contributed by atoms with Gasteiger partial charge in [0.05, 0.1) is 0 Å². The predicted octanol–water partition coefficient (Wildman–Crippen LogP) is 3.56. The minimum Gasteiger partial charge on any atom is -0.423 e. The molecule has 0 amide bonds. The van der Waals surface area contributed by atoms with Gasteiger partial charge in [-0.25, -0.2) is 4.79 Å². The van der Waals surface area contributed by atoms with Crippen molar-refractivity contribution in [3.8, 4) is 0 Å². The van der Waals surface area contributed by atoms with Gasteiger partial charge in [0.15, 0.2) is 0 Å². The molecule has 3 rings (SSSR count). The van der Waals surface area contributed by atoms with Gasteiger partial charge in [-0.1, -0.05) is 34.1 Å². The summed E-state index contributed by atoms with van der Waals surface area (Å²) < 4.78 is 6.20. The lowest BCUT2D eigenvalue weighted by molar-refractivity contribution is 0.497. The molecule has 0 spiro atoms. The quantitative estimate of drug-likeness (QED) is 0.803. The number of allylic oxidation sites excluding steroid dienone is 1. The Morgan fingerprint density at radius 1 is 1.18 bits per heavy atom. The van der Waals surface area contributed by atoms with Gasteiger partial charge in [-0.3, -0.25) is 0 Å². The van der Waals surface area contributed by atoms with Crippen molar-refractivity contribution in [2.24, 2.45) is 0 Å². The van der Waals surface area contributed by atoms with Crippen LogP contribution in [-0.2, 0) is 0 Å². The molecule has 0 saturated heterocycles. The van der Waals surface area contributed by atoms with Crippen LogP contribution in [0.2, 0.25) is 0 Å². The maximum Gasteiger partial charge on any atom is 0.336 e. The average Bonchev–Trinajstić information content (AvgIpc) is 2.71. The van der Waals surface area contributed by atoms with Gasteiger partial charge in [0, 0.05) is 22.0 Å². The molecule has 0 radical (unpaired) electrons. The Bertz CT molecular complexity index is 655. The molecule has 1 aromatic heterocycles. The molecule has 0 fully saturated rings. The molecule has 2 nitrogen and oxygen atoms in total. The van der Waals surface area contributed by atoms with Crippen molar-refractivity contribution in [2.45, 2.75) is 5.92 Å². The van der Waals surface area contributed by atoms with Crippen molar-refractivity contribution in [2.75, 3.05) is 0 Å². The average molecular weight is 289 g/mol. The van der Waals surface area contributed by atoms with Gasteiger partial charge in [-0.05, 0) is 29.8 Å². The van der Waals surface area contributed by atoms with Crippen molar-refractivity contribution in [1.29, 1.82) is 0 Å². The van der Waals surface area contributed by atoms with E-state index < -0.39 is 0 Å². The SMILES string of the molecule is O=c1ccc2c(o1)C=CC2c1cccc(Br)c1. The van der Waals surface area contributed by atoms with Crippen LogP contribution in [0.4, 0.5) is 0 Å². The fourth-order valence-corrected chi connectivity index (χ4v) is 2.52. The van der Waals surface area contributed by atoms with E-state index in [1.165, 1.54) is 11.6 Å². The molecule has 1 aliphatic rings. The summed E-state index contributed by atoms with van der Waals surface area (Å²) in [4.78, 5) is 11.1. The monoisotopic (exact) mass is 288 g/mol. The molecule has 0 saturated carbocycles. The molecule has 1 unspecified atom stereocenters. The van der Waals surface area contributed by atoms with Crippen molar-refractivity contribution in [3.63, 3.8) is 0 Å². The molecular weight excluding hydrogens is 280 g/mol. The molecule has 1 heterocycles. The van der Waals surface area contributed by atoms with Crippen LogP contribution in [0.15, 0.2) is 56.2 Å². The van der Waals surface area contributed by atoms with Gasteiger partial charge in [0.2, 0.25) is 0 Å². The first kappa shape index (κ1) is 10.5. The summed E-state index contributed by atoms with van der Waals surface area (Å²) in [5.41, 5.74) is 1.93. The first-order valence-corrected chi connectivity index (χ1v) is 6.11. The first-order chi connectivity index (χ1) is 8.24. The molecular formula is C14H9BrO2. The highest BCUT2D eigenvalue weighted by molar-refractivity contribution is 9.10. The molecule has 0 bridgehead atoms. The molecule has 0 N–H and O–H groups in total. The fourth-order valence-electron chi connectivity index (χ4n) is 2.11. The zero-order valence-corrected chi connectivity index (χ0v) is 10.5. The van der Waals surface area contributed by atoms with E-state index in [0.29, 0.717) is 5.76 Å². The van der Waals surface area contributed by atoms with Crippen LogP contribution < -0.4 is 5.63 Å². The summed E-state index contributed by atoms with van der Waals surface area (Å²) in [6.45, 7) is 0. The lowest BCUT2D eigenvalue weighted by Gasteiger charge is -2.10. The van der Waals surface area contributed by atoms with Crippen LogP contribution in [0.1, 0.15) is 22.8 Å². The van der Waals surface area contributed by atoms with Gasteiger partial charge in [-0.15, -0.1) is 0 Å². The third-order valence-corrected chi connectivity index (χ3v) is 3.37. The molecule has 17 heavy (non-hydrogen) atoms. The Morgan fingerprint density at radius 3 is 2.88 bits per heavy atom. The number of halogens is 1. The fraction of sp³-hybridized carbons (Fsp3) is 0.0714. The maximum atomic E-state index is 11.1. The zero-order valence-electron chi connectivity index (χ0n) is 8.89. The molecule has 0 aliphatic heterocycles. The molecule has 1 aromatic carbocycles. The Labute approximate surface area is 107 Å². The van der Waals surface area contributed by atoms with E-state index >= 15 is 0 Å². The molecule has 84 valence electrons. The minimum atomic E-state index is -0.303. The lowest BCUT2D eigenvalue weighted by Crippen LogP contribution is -2.01. The maximum absolute atomic E-state index is 11.1. The normalized spacial score (nSPS) is 17.1.